The third kappa shape index (κ3) is 3.38. The fourth-order valence-electron chi connectivity index (χ4n) is 1.55. The van der Waals surface area contributed by atoms with Crippen LogP contribution in [0.2, 0.25) is 0 Å². The van der Waals surface area contributed by atoms with Gasteiger partial charge in [0.15, 0.2) is 0 Å². The molecule has 0 aliphatic rings. The number of rotatable bonds is 4. The minimum atomic E-state index is -0.759. The van der Waals surface area contributed by atoms with Gasteiger partial charge in [-0.3, -0.25) is 20.2 Å². The molecule has 2 aromatic rings. The molecule has 0 aromatic heterocycles. The zero-order valence-corrected chi connectivity index (χ0v) is 10.5. The molecule has 0 aliphatic carbocycles. The van der Waals surface area contributed by atoms with E-state index in [1.165, 1.54) is 42.5 Å². The van der Waals surface area contributed by atoms with Crippen molar-refractivity contribution in [1.29, 1.82) is 0 Å². The highest BCUT2D eigenvalue weighted by atomic mass is 16.6. The molecule has 2 aromatic carbocycles. The maximum Gasteiger partial charge on any atom is 0.343 e. The van der Waals surface area contributed by atoms with E-state index in [2.05, 4.69) is 0 Å². The molecule has 0 atom stereocenters. The fourth-order valence-corrected chi connectivity index (χ4v) is 1.55. The zero-order valence-electron chi connectivity index (χ0n) is 10.5. The topological polar surface area (TPSA) is 113 Å². The number of nitro benzene ring substituents is 2. The number of ether oxygens (including phenoxy) is 1. The van der Waals surface area contributed by atoms with Crippen molar-refractivity contribution in [2.45, 2.75) is 0 Å². The van der Waals surface area contributed by atoms with Crippen LogP contribution in [0.1, 0.15) is 10.4 Å². The Hall–Kier alpha value is -3.29. The van der Waals surface area contributed by atoms with Crippen molar-refractivity contribution in [1.82, 2.24) is 0 Å². The summed E-state index contributed by atoms with van der Waals surface area (Å²) < 4.78 is 4.98. The van der Waals surface area contributed by atoms with Gasteiger partial charge in [0.2, 0.25) is 0 Å². The second-order valence-corrected chi connectivity index (χ2v) is 3.95. The smallest absolute Gasteiger partial charge is 0.343 e. The summed E-state index contributed by atoms with van der Waals surface area (Å²) >= 11 is 0. The van der Waals surface area contributed by atoms with Gasteiger partial charge in [-0.15, -0.1) is 0 Å². The Morgan fingerprint density at radius 1 is 0.905 bits per heavy atom. The first-order valence-corrected chi connectivity index (χ1v) is 5.68. The number of carbonyl (C=O) groups excluding carboxylic acids is 1. The number of benzene rings is 2. The van der Waals surface area contributed by atoms with Crippen LogP contribution >= 0.6 is 0 Å². The van der Waals surface area contributed by atoms with E-state index < -0.39 is 15.8 Å². The number of nitrogens with zero attached hydrogens (tertiary/aromatic N) is 2. The first-order chi connectivity index (χ1) is 9.97. The summed E-state index contributed by atoms with van der Waals surface area (Å²) in [5.74, 6) is -0.738. The molecule has 2 rings (SSSR count). The minimum absolute atomic E-state index is 0.0209. The van der Waals surface area contributed by atoms with Crippen molar-refractivity contribution in [2.24, 2.45) is 0 Å². The molecule has 0 radical (unpaired) electrons. The average Bonchev–Trinajstić information content (AvgIpc) is 2.47. The van der Waals surface area contributed by atoms with Crippen molar-refractivity contribution in [3.63, 3.8) is 0 Å². The van der Waals surface area contributed by atoms with Gasteiger partial charge in [0.1, 0.15) is 5.75 Å². The summed E-state index contributed by atoms with van der Waals surface area (Å²) in [7, 11) is 0. The molecule has 0 amide bonds. The van der Waals surface area contributed by atoms with Gasteiger partial charge in [-0.1, -0.05) is 6.07 Å². The Kier molecular flexibility index (Phi) is 3.89. The normalized spacial score (nSPS) is 9.90. The third-order valence-electron chi connectivity index (χ3n) is 2.55. The second kappa shape index (κ2) is 5.78. The summed E-state index contributed by atoms with van der Waals surface area (Å²) in [6.45, 7) is 0. The predicted octanol–water partition coefficient (Wildman–Crippen LogP) is 2.72. The Bertz CT molecular complexity index is 711. The monoisotopic (exact) mass is 288 g/mol. The van der Waals surface area contributed by atoms with E-state index in [-0.39, 0.29) is 22.7 Å². The number of hydrogen-bond acceptors (Lipinski definition) is 6. The lowest BCUT2D eigenvalue weighted by Gasteiger charge is -2.03. The molecule has 8 nitrogen and oxygen atoms in total. The number of esters is 1. The third-order valence-corrected chi connectivity index (χ3v) is 2.55. The summed E-state index contributed by atoms with van der Waals surface area (Å²) in [5.41, 5.74) is -0.252. The zero-order chi connectivity index (χ0) is 15.4. The quantitative estimate of drug-likeness (QED) is 0.370. The lowest BCUT2D eigenvalue weighted by Crippen LogP contribution is -2.08. The van der Waals surface area contributed by atoms with Crippen LogP contribution in [0.4, 0.5) is 11.4 Å². The molecule has 0 spiro atoms. The van der Waals surface area contributed by atoms with Gasteiger partial charge in [0, 0.05) is 18.2 Å². The number of non-ortho nitro benzene ring substituents is 2. The van der Waals surface area contributed by atoms with Crippen LogP contribution in [0.5, 0.6) is 5.75 Å². The van der Waals surface area contributed by atoms with E-state index in [0.29, 0.717) is 0 Å². The molecular formula is C13H8N2O6. The van der Waals surface area contributed by atoms with E-state index in [1.807, 2.05) is 0 Å². The summed E-state index contributed by atoms with van der Waals surface area (Å²) in [5, 5.41) is 21.1. The Morgan fingerprint density at radius 3 is 2.10 bits per heavy atom. The van der Waals surface area contributed by atoms with E-state index in [4.69, 9.17) is 4.74 Å². The molecule has 0 aliphatic heterocycles. The van der Waals surface area contributed by atoms with Crippen molar-refractivity contribution in [3.05, 3.63) is 74.3 Å². The Labute approximate surface area is 117 Å². The molecule has 0 unspecified atom stereocenters. The molecule has 0 bridgehead atoms. The molecule has 0 N–H and O–H groups in total. The van der Waals surface area contributed by atoms with Crippen molar-refractivity contribution in [2.75, 3.05) is 0 Å². The Balaban J connectivity index is 2.16. The molecule has 0 saturated heterocycles. The summed E-state index contributed by atoms with van der Waals surface area (Å²) in [6.07, 6.45) is 0. The van der Waals surface area contributed by atoms with Crippen molar-refractivity contribution < 1.29 is 19.4 Å². The van der Waals surface area contributed by atoms with Crippen LogP contribution in [-0.4, -0.2) is 15.8 Å². The summed E-state index contributed by atoms with van der Waals surface area (Å²) in [4.78, 5) is 31.7. The molecule has 106 valence electrons. The van der Waals surface area contributed by atoms with Crippen LogP contribution in [0.3, 0.4) is 0 Å². The Morgan fingerprint density at radius 2 is 1.52 bits per heavy atom. The van der Waals surface area contributed by atoms with Crippen LogP contribution in [-0.2, 0) is 0 Å². The lowest BCUT2D eigenvalue weighted by atomic mass is 10.2. The van der Waals surface area contributed by atoms with Gasteiger partial charge in [-0.05, 0) is 18.2 Å². The molecule has 0 heterocycles. The largest absolute Gasteiger partial charge is 0.423 e. The van der Waals surface area contributed by atoms with E-state index in [9.17, 15) is 25.0 Å². The van der Waals surface area contributed by atoms with E-state index in [1.54, 1.807) is 0 Å². The molecular weight excluding hydrogens is 280 g/mol. The molecule has 21 heavy (non-hydrogen) atoms. The molecule has 0 fully saturated rings. The van der Waals surface area contributed by atoms with Crippen LogP contribution in [0.15, 0.2) is 48.5 Å². The van der Waals surface area contributed by atoms with Gasteiger partial charge >= 0.3 is 5.97 Å². The van der Waals surface area contributed by atoms with Crippen LogP contribution in [0.25, 0.3) is 0 Å². The van der Waals surface area contributed by atoms with E-state index >= 15 is 0 Å². The predicted molar refractivity (Wildman–Crippen MR) is 71.2 cm³/mol. The minimum Gasteiger partial charge on any atom is -0.423 e. The first kappa shape index (κ1) is 14.1. The highest BCUT2D eigenvalue weighted by molar-refractivity contribution is 5.91. The van der Waals surface area contributed by atoms with Crippen molar-refractivity contribution >= 4 is 17.3 Å². The molecule has 8 heteroatoms. The highest BCUT2D eigenvalue weighted by Gasteiger charge is 2.13. The lowest BCUT2D eigenvalue weighted by molar-refractivity contribution is -0.385. The second-order valence-electron chi connectivity index (χ2n) is 3.95. The SMILES string of the molecule is O=C(Oc1cccc([N+](=O)[O-])c1)c1ccc([N+](=O)[O-])cc1. The highest BCUT2D eigenvalue weighted by Crippen LogP contribution is 2.20. The first-order valence-electron chi connectivity index (χ1n) is 5.68. The van der Waals surface area contributed by atoms with Crippen molar-refractivity contribution in [3.8, 4) is 5.75 Å². The van der Waals surface area contributed by atoms with Gasteiger partial charge in [-0.2, -0.15) is 0 Å². The number of carbonyl (C=O) groups is 1. The van der Waals surface area contributed by atoms with Gasteiger partial charge in [0.05, 0.1) is 21.5 Å². The van der Waals surface area contributed by atoms with Crippen LogP contribution < -0.4 is 4.74 Å². The average molecular weight is 288 g/mol. The fraction of sp³-hybridized carbons (Fsp3) is 0. The van der Waals surface area contributed by atoms with Gasteiger partial charge in [0.25, 0.3) is 11.4 Å². The maximum absolute atomic E-state index is 11.8. The summed E-state index contributed by atoms with van der Waals surface area (Å²) in [6, 6.07) is 10.0. The maximum atomic E-state index is 11.8. The van der Waals surface area contributed by atoms with Crippen LogP contribution in [0, 0.1) is 20.2 Å². The number of nitro groups is 2. The standard InChI is InChI=1S/C13H8N2O6/c16-13(9-4-6-10(7-5-9)14(17)18)21-12-3-1-2-11(8-12)15(19)20/h1-8H. The van der Waals surface area contributed by atoms with Gasteiger partial charge in [-0.25, -0.2) is 4.79 Å². The van der Waals surface area contributed by atoms with E-state index in [0.717, 1.165) is 6.07 Å². The van der Waals surface area contributed by atoms with Gasteiger partial charge < -0.3 is 4.74 Å². The number of hydrogen-bond donors (Lipinski definition) is 0. The molecule has 0 saturated carbocycles.